The summed E-state index contributed by atoms with van der Waals surface area (Å²) in [5, 5.41) is 14.8. The van der Waals surface area contributed by atoms with Gasteiger partial charge in [0, 0.05) is 17.4 Å². The molecule has 0 unspecified atom stereocenters. The van der Waals surface area contributed by atoms with Crippen molar-refractivity contribution in [3.05, 3.63) is 48.0 Å². The summed E-state index contributed by atoms with van der Waals surface area (Å²) in [6, 6.07) is 13.4. The van der Waals surface area contributed by atoms with Crippen LogP contribution in [0, 0.1) is 6.92 Å². The maximum Gasteiger partial charge on any atom is 0.237 e. The summed E-state index contributed by atoms with van der Waals surface area (Å²) < 4.78 is 11.3. The molecular formula is C19H18N4O3S2. The fraction of sp³-hybridized carbons (Fsp3) is 0.211. The first kappa shape index (κ1) is 18.6. The molecule has 9 heteroatoms. The number of aryl methyl sites for hydroxylation is 1. The topological polar surface area (TPSA) is 85.4 Å². The van der Waals surface area contributed by atoms with Gasteiger partial charge < -0.3 is 20.1 Å². The minimum Gasteiger partial charge on any atom is -0.454 e. The Labute approximate surface area is 170 Å². The van der Waals surface area contributed by atoms with Crippen LogP contribution < -0.4 is 20.1 Å². The van der Waals surface area contributed by atoms with Crippen molar-refractivity contribution in [2.75, 3.05) is 17.4 Å². The first-order valence-electron chi connectivity index (χ1n) is 8.61. The Morgan fingerprint density at radius 1 is 1.11 bits per heavy atom. The molecular weight excluding hydrogens is 396 g/mol. The summed E-state index contributed by atoms with van der Waals surface area (Å²) >= 11 is 2.78. The maximum atomic E-state index is 12.5. The highest BCUT2D eigenvalue weighted by atomic mass is 32.2. The predicted molar refractivity (Wildman–Crippen MR) is 111 cm³/mol. The fourth-order valence-electron chi connectivity index (χ4n) is 2.49. The summed E-state index contributed by atoms with van der Waals surface area (Å²) in [4.78, 5) is 12.5. The molecule has 2 N–H and O–H groups in total. The lowest BCUT2D eigenvalue weighted by molar-refractivity contribution is -0.115. The van der Waals surface area contributed by atoms with Crippen LogP contribution in [-0.2, 0) is 4.79 Å². The van der Waals surface area contributed by atoms with Crippen molar-refractivity contribution in [3.63, 3.8) is 0 Å². The lowest BCUT2D eigenvalue weighted by Crippen LogP contribution is -2.22. The molecule has 1 aromatic heterocycles. The van der Waals surface area contributed by atoms with Gasteiger partial charge in [-0.25, -0.2) is 0 Å². The average Bonchev–Trinajstić information content (AvgIpc) is 3.32. The second-order valence-corrected chi connectivity index (χ2v) is 8.75. The van der Waals surface area contributed by atoms with E-state index in [1.165, 1.54) is 28.7 Å². The third-order valence-corrected chi connectivity index (χ3v) is 6.02. The number of benzene rings is 2. The fourth-order valence-corrected chi connectivity index (χ4v) is 4.41. The molecule has 0 saturated carbocycles. The number of amides is 1. The Hall–Kier alpha value is -2.78. The quantitative estimate of drug-likeness (QED) is 0.577. The van der Waals surface area contributed by atoms with E-state index >= 15 is 0 Å². The summed E-state index contributed by atoms with van der Waals surface area (Å²) in [5.41, 5.74) is 2.81. The van der Waals surface area contributed by atoms with E-state index in [1.807, 2.05) is 38.1 Å². The first-order valence-corrected chi connectivity index (χ1v) is 10.3. The zero-order chi connectivity index (χ0) is 19.5. The van der Waals surface area contributed by atoms with Gasteiger partial charge in [-0.1, -0.05) is 40.8 Å². The monoisotopic (exact) mass is 414 g/mol. The molecule has 1 aliphatic rings. The number of hydrogen-bond acceptors (Lipinski definition) is 8. The zero-order valence-electron chi connectivity index (χ0n) is 15.3. The van der Waals surface area contributed by atoms with Gasteiger partial charge in [0.15, 0.2) is 15.8 Å². The Morgan fingerprint density at radius 2 is 1.86 bits per heavy atom. The lowest BCUT2D eigenvalue weighted by atomic mass is 10.2. The third-order valence-electron chi connectivity index (χ3n) is 4.00. The van der Waals surface area contributed by atoms with Crippen LogP contribution in [0.1, 0.15) is 12.5 Å². The van der Waals surface area contributed by atoms with Crippen LogP contribution in [0.4, 0.5) is 16.5 Å². The number of aromatic nitrogens is 2. The molecule has 0 fully saturated rings. The predicted octanol–water partition coefficient (Wildman–Crippen LogP) is 4.44. The maximum absolute atomic E-state index is 12.5. The summed E-state index contributed by atoms with van der Waals surface area (Å²) in [5.74, 6) is 1.20. The number of carbonyl (C=O) groups is 1. The van der Waals surface area contributed by atoms with Gasteiger partial charge in [0.05, 0.1) is 5.25 Å². The molecule has 144 valence electrons. The molecule has 0 spiro atoms. The SMILES string of the molecule is Cc1ccc(Nc2nnc(S[C@H](C)C(=O)Nc3ccc4c(c3)OCO4)s2)cc1. The van der Waals surface area contributed by atoms with Gasteiger partial charge in [-0.3, -0.25) is 4.79 Å². The van der Waals surface area contributed by atoms with Crippen molar-refractivity contribution < 1.29 is 14.3 Å². The van der Waals surface area contributed by atoms with Crippen LogP contribution >= 0.6 is 23.1 Å². The number of carbonyl (C=O) groups excluding carboxylic acids is 1. The number of ether oxygens (including phenoxy) is 2. The standard InChI is InChI=1S/C19H18N4O3S2/c1-11-3-5-13(6-4-11)21-18-22-23-19(28-18)27-12(2)17(24)20-14-7-8-15-16(9-14)26-10-25-15/h3-9,12H,10H2,1-2H3,(H,20,24)(H,21,22)/t12-/m1/s1. The minimum absolute atomic E-state index is 0.118. The molecule has 0 aliphatic carbocycles. The zero-order valence-corrected chi connectivity index (χ0v) is 16.9. The van der Waals surface area contributed by atoms with Crippen molar-refractivity contribution >= 4 is 45.5 Å². The van der Waals surface area contributed by atoms with Crippen molar-refractivity contribution in [2.45, 2.75) is 23.4 Å². The molecule has 28 heavy (non-hydrogen) atoms. The van der Waals surface area contributed by atoms with Gasteiger partial charge in [-0.05, 0) is 38.1 Å². The molecule has 4 rings (SSSR count). The van der Waals surface area contributed by atoms with E-state index < -0.39 is 0 Å². The second kappa shape index (κ2) is 8.07. The minimum atomic E-state index is -0.328. The van der Waals surface area contributed by atoms with Gasteiger partial charge >= 0.3 is 0 Å². The Kier molecular flexibility index (Phi) is 5.36. The van der Waals surface area contributed by atoms with Gasteiger partial charge in [-0.15, -0.1) is 10.2 Å². The van der Waals surface area contributed by atoms with Gasteiger partial charge in [0.2, 0.25) is 17.8 Å². The summed E-state index contributed by atoms with van der Waals surface area (Å²) in [7, 11) is 0. The van der Waals surface area contributed by atoms with Crippen LogP contribution in [0.25, 0.3) is 0 Å². The highest BCUT2D eigenvalue weighted by molar-refractivity contribution is 8.02. The summed E-state index contributed by atoms with van der Waals surface area (Å²) in [6.07, 6.45) is 0. The molecule has 2 aromatic carbocycles. The highest BCUT2D eigenvalue weighted by Crippen LogP contribution is 2.35. The highest BCUT2D eigenvalue weighted by Gasteiger charge is 2.19. The molecule has 7 nitrogen and oxygen atoms in total. The van der Waals surface area contributed by atoms with Crippen LogP contribution in [0.5, 0.6) is 11.5 Å². The molecule has 2 heterocycles. The van der Waals surface area contributed by atoms with Gasteiger partial charge in [-0.2, -0.15) is 0 Å². The van der Waals surface area contributed by atoms with Gasteiger partial charge in [0.25, 0.3) is 0 Å². The average molecular weight is 415 g/mol. The molecule has 0 saturated heterocycles. The smallest absolute Gasteiger partial charge is 0.237 e. The largest absolute Gasteiger partial charge is 0.454 e. The first-order chi connectivity index (χ1) is 13.6. The van der Waals surface area contributed by atoms with Gasteiger partial charge in [0.1, 0.15) is 0 Å². The van der Waals surface area contributed by atoms with E-state index in [2.05, 4.69) is 20.8 Å². The Bertz CT molecular complexity index is 991. The number of nitrogens with one attached hydrogen (secondary N) is 2. The second-order valence-electron chi connectivity index (χ2n) is 6.18. The van der Waals surface area contributed by atoms with E-state index in [4.69, 9.17) is 9.47 Å². The third kappa shape index (κ3) is 4.37. The van der Waals surface area contributed by atoms with Crippen LogP contribution in [0.15, 0.2) is 46.8 Å². The molecule has 1 amide bonds. The normalized spacial score (nSPS) is 13.2. The molecule has 0 bridgehead atoms. The van der Waals surface area contributed by atoms with Crippen LogP contribution in [0.3, 0.4) is 0 Å². The van der Waals surface area contributed by atoms with Crippen molar-refractivity contribution in [2.24, 2.45) is 0 Å². The molecule has 0 radical (unpaired) electrons. The summed E-state index contributed by atoms with van der Waals surface area (Å²) in [6.45, 7) is 4.08. The number of nitrogens with zero attached hydrogens (tertiary/aromatic N) is 2. The van der Waals surface area contributed by atoms with E-state index in [1.54, 1.807) is 18.2 Å². The number of anilines is 3. The van der Waals surface area contributed by atoms with E-state index in [-0.39, 0.29) is 18.0 Å². The van der Waals surface area contributed by atoms with E-state index in [9.17, 15) is 4.79 Å². The number of hydrogen-bond donors (Lipinski definition) is 2. The van der Waals surface area contributed by atoms with Crippen molar-refractivity contribution in [3.8, 4) is 11.5 Å². The van der Waals surface area contributed by atoms with Crippen LogP contribution in [-0.4, -0.2) is 28.1 Å². The number of fused-ring (bicyclic) bond motifs is 1. The molecule has 1 atom stereocenters. The molecule has 1 aliphatic heterocycles. The van der Waals surface area contributed by atoms with Crippen molar-refractivity contribution in [1.82, 2.24) is 10.2 Å². The van der Waals surface area contributed by atoms with E-state index in [0.29, 0.717) is 22.3 Å². The number of thioether (sulfide) groups is 1. The molecule has 3 aromatic rings. The lowest BCUT2D eigenvalue weighted by Gasteiger charge is -2.10. The van der Waals surface area contributed by atoms with Crippen LogP contribution in [0.2, 0.25) is 0 Å². The van der Waals surface area contributed by atoms with Crippen molar-refractivity contribution in [1.29, 1.82) is 0 Å². The Morgan fingerprint density at radius 3 is 2.68 bits per heavy atom. The van der Waals surface area contributed by atoms with E-state index in [0.717, 1.165) is 10.0 Å². The Balaban J connectivity index is 1.34. The number of rotatable bonds is 6.